The van der Waals surface area contributed by atoms with Crippen molar-refractivity contribution in [2.45, 2.75) is 45.6 Å². The Morgan fingerprint density at radius 2 is 1.70 bits per heavy atom. The molecular weight excluding hydrogens is 338 g/mol. The van der Waals surface area contributed by atoms with Gasteiger partial charge in [0.25, 0.3) is 5.91 Å². The van der Waals surface area contributed by atoms with Crippen molar-refractivity contribution in [1.82, 2.24) is 0 Å². The van der Waals surface area contributed by atoms with Crippen molar-refractivity contribution in [1.29, 1.82) is 0 Å². The predicted molar refractivity (Wildman–Crippen MR) is 110 cm³/mol. The Morgan fingerprint density at radius 1 is 1.07 bits per heavy atom. The second-order valence-corrected chi connectivity index (χ2v) is 8.53. The molecule has 3 rings (SSSR count). The van der Waals surface area contributed by atoms with Crippen LogP contribution in [-0.4, -0.2) is 23.9 Å². The number of hydrogen-bond acceptors (Lipinski definition) is 3. The number of hydrogen-bond donors (Lipinski definition) is 2. The van der Waals surface area contributed by atoms with E-state index in [1.54, 1.807) is 4.90 Å². The van der Waals surface area contributed by atoms with E-state index in [2.05, 4.69) is 31.4 Å². The van der Waals surface area contributed by atoms with Gasteiger partial charge in [0.1, 0.15) is 12.1 Å². The number of fused-ring (bicyclic) bond motifs is 1. The maximum atomic E-state index is 12.8. The molecule has 142 valence electrons. The van der Waals surface area contributed by atoms with E-state index in [1.807, 2.05) is 62.4 Å². The lowest BCUT2D eigenvalue weighted by Crippen LogP contribution is -2.55. The molecule has 1 aliphatic rings. The summed E-state index contributed by atoms with van der Waals surface area (Å²) in [5.41, 5.74) is 2.80. The molecule has 1 heterocycles. The molecule has 2 aromatic carbocycles. The summed E-state index contributed by atoms with van der Waals surface area (Å²) >= 11 is 0. The van der Waals surface area contributed by atoms with E-state index in [0.717, 1.165) is 17.1 Å². The zero-order valence-corrected chi connectivity index (χ0v) is 16.6. The molecule has 0 bridgehead atoms. The maximum absolute atomic E-state index is 12.8. The van der Waals surface area contributed by atoms with Gasteiger partial charge in [0.15, 0.2) is 0 Å². The molecule has 0 atom stereocenters. The molecule has 0 unspecified atom stereocenters. The molecule has 5 heteroatoms. The molecule has 5 nitrogen and oxygen atoms in total. The quantitative estimate of drug-likeness (QED) is 0.858. The minimum absolute atomic E-state index is 0.0258. The van der Waals surface area contributed by atoms with E-state index in [1.165, 1.54) is 5.56 Å². The molecule has 2 aromatic rings. The standard InChI is InChI=1S/C22H27N3O2/c1-21(2,3)15-10-12-16(13-11-15)23-19(26)14-25-18-9-7-6-8-17(18)24-22(4,5)20(25)27/h6-13,24H,14H2,1-5H3,(H,23,26). The second kappa shape index (κ2) is 6.72. The van der Waals surface area contributed by atoms with Crippen molar-refractivity contribution >= 4 is 28.9 Å². The Bertz CT molecular complexity index is 864. The molecule has 1 aliphatic heterocycles. The minimum Gasteiger partial charge on any atom is -0.370 e. The highest BCUT2D eigenvalue weighted by atomic mass is 16.2. The lowest BCUT2D eigenvalue weighted by atomic mass is 9.87. The van der Waals surface area contributed by atoms with Crippen molar-refractivity contribution in [3.8, 4) is 0 Å². The van der Waals surface area contributed by atoms with E-state index in [4.69, 9.17) is 0 Å². The van der Waals surface area contributed by atoms with Gasteiger partial charge < -0.3 is 10.6 Å². The van der Waals surface area contributed by atoms with Gasteiger partial charge in [-0.15, -0.1) is 0 Å². The number of carbonyl (C=O) groups is 2. The van der Waals surface area contributed by atoms with Gasteiger partial charge in [0.05, 0.1) is 11.4 Å². The normalized spacial score (nSPS) is 15.7. The van der Waals surface area contributed by atoms with E-state index >= 15 is 0 Å². The van der Waals surface area contributed by atoms with Crippen molar-refractivity contribution in [3.63, 3.8) is 0 Å². The Balaban J connectivity index is 1.76. The summed E-state index contributed by atoms with van der Waals surface area (Å²) in [7, 11) is 0. The molecule has 2 N–H and O–H groups in total. The van der Waals surface area contributed by atoms with Gasteiger partial charge in [-0.2, -0.15) is 0 Å². The maximum Gasteiger partial charge on any atom is 0.252 e. The zero-order chi connectivity index (χ0) is 19.8. The van der Waals surface area contributed by atoms with Crippen LogP contribution in [0.5, 0.6) is 0 Å². The van der Waals surface area contributed by atoms with Gasteiger partial charge in [0, 0.05) is 5.69 Å². The SMILES string of the molecule is CC1(C)Nc2ccccc2N(CC(=O)Nc2ccc(C(C)(C)C)cc2)C1=O. The van der Waals surface area contributed by atoms with Crippen LogP contribution in [0.25, 0.3) is 0 Å². The van der Waals surface area contributed by atoms with Crippen molar-refractivity contribution in [2.24, 2.45) is 0 Å². The van der Waals surface area contributed by atoms with Crippen molar-refractivity contribution in [2.75, 3.05) is 22.1 Å². The third-order valence-electron chi connectivity index (χ3n) is 4.76. The average molecular weight is 365 g/mol. The Morgan fingerprint density at radius 3 is 2.33 bits per heavy atom. The van der Waals surface area contributed by atoms with Gasteiger partial charge in [-0.3, -0.25) is 14.5 Å². The number of para-hydroxylation sites is 2. The Kier molecular flexibility index (Phi) is 4.72. The summed E-state index contributed by atoms with van der Waals surface area (Å²) in [6.45, 7) is 10.1. The first-order valence-electron chi connectivity index (χ1n) is 9.17. The van der Waals surface area contributed by atoms with Crippen LogP contribution in [0, 0.1) is 0 Å². The van der Waals surface area contributed by atoms with Crippen LogP contribution < -0.4 is 15.5 Å². The number of carbonyl (C=O) groups excluding carboxylic acids is 2. The van der Waals surface area contributed by atoms with Crippen molar-refractivity contribution in [3.05, 3.63) is 54.1 Å². The highest BCUT2D eigenvalue weighted by molar-refractivity contribution is 6.11. The molecule has 0 aliphatic carbocycles. The number of rotatable bonds is 3. The Labute approximate surface area is 160 Å². The monoisotopic (exact) mass is 365 g/mol. The highest BCUT2D eigenvalue weighted by Gasteiger charge is 2.39. The van der Waals surface area contributed by atoms with Crippen LogP contribution in [0.3, 0.4) is 0 Å². The number of nitrogens with zero attached hydrogens (tertiary/aromatic N) is 1. The Hall–Kier alpha value is -2.82. The molecule has 0 fully saturated rings. The fraction of sp³-hybridized carbons (Fsp3) is 0.364. The summed E-state index contributed by atoms with van der Waals surface area (Å²) in [4.78, 5) is 27.0. The van der Waals surface area contributed by atoms with Gasteiger partial charge in [0.2, 0.25) is 5.91 Å². The third-order valence-corrected chi connectivity index (χ3v) is 4.76. The van der Waals surface area contributed by atoms with Crippen LogP contribution >= 0.6 is 0 Å². The molecule has 0 aromatic heterocycles. The lowest BCUT2D eigenvalue weighted by Gasteiger charge is -2.39. The van der Waals surface area contributed by atoms with Crippen LogP contribution in [0.15, 0.2) is 48.5 Å². The summed E-state index contributed by atoms with van der Waals surface area (Å²) < 4.78 is 0. The number of amides is 2. The third kappa shape index (κ3) is 3.97. The number of anilines is 3. The highest BCUT2D eigenvalue weighted by Crippen LogP contribution is 2.34. The summed E-state index contributed by atoms with van der Waals surface area (Å²) in [5.74, 6) is -0.348. The van der Waals surface area contributed by atoms with Gasteiger partial charge in [-0.25, -0.2) is 0 Å². The molecule has 0 saturated heterocycles. The summed E-state index contributed by atoms with van der Waals surface area (Å²) in [6.07, 6.45) is 0. The molecule has 0 spiro atoms. The van der Waals surface area contributed by atoms with Crippen LogP contribution in [0.2, 0.25) is 0 Å². The predicted octanol–water partition coefficient (Wildman–Crippen LogP) is 4.16. The first-order valence-corrected chi connectivity index (χ1v) is 9.17. The minimum atomic E-state index is -0.761. The van der Waals surface area contributed by atoms with Crippen molar-refractivity contribution < 1.29 is 9.59 Å². The molecule has 2 amide bonds. The van der Waals surface area contributed by atoms with Crippen LogP contribution in [-0.2, 0) is 15.0 Å². The largest absolute Gasteiger partial charge is 0.370 e. The molecule has 0 radical (unpaired) electrons. The smallest absolute Gasteiger partial charge is 0.252 e. The zero-order valence-electron chi connectivity index (χ0n) is 16.6. The van der Waals surface area contributed by atoms with Crippen LogP contribution in [0.4, 0.5) is 17.1 Å². The molecule has 27 heavy (non-hydrogen) atoms. The van der Waals surface area contributed by atoms with Gasteiger partial charge in [-0.05, 0) is 49.1 Å². The fourth-order valence-electron chi connectivity index (χ4n) is 3.21. The number of benzene rings is 2. The van der Waals surface area contributed by atoms with E-state index < -0.39 is 5.54 Å². The molecular formula is C22H27N3O2. The van der Waals surface area contributed by atoms with E-state index in [-0.39, 0.29) is 23.8 Å². The lowest BCUT2D eigenvalue weighted by molar-refractivity contribution is -0.124. The molecule has 0 saturated carbocycles. The van der Waals surface area contributed by atoms with E-state index in [0.29, 0.717) is 0 Å². The van der Waals surface area contributed by atoms with Gasteiger partial charge in [-0.1, -0.05) is 45.0 Å². The average Bonchev–Trinajstić information content (AvgIpc) is 2.58. The topological polar surface area (TPSA) is 61.4 Å². The number of nitrogens with one attached hydrogen (secondary N) is 2. The second-order valence-electron chi connectivity index (χ2n) is 8.53. The van der Waals surface area contributed by atoms with Gasteiger partial charge >= 0.3 is 0 Å². The first-order chi connectivity index (χ1) is 12.6. The fourth-order valence-corrected chi connectivity index (χ4v) is 3.21. The first kappa shape index (κ1) is 19.0. The van der Waals surface area contributed by atoms with Crippen LogP contribution in [0.1, 0.15) is 40.2 Å². The van der Waals surface area contributed by atoms with E-state index in [9.17, 15) is 9.59 Å². The summed E-state index contributed by atoms with van der Waals surface area (Å²) in [5, 5.41) is 6.13. The summed E-state index contributed by atoms with van der Waals surface area (Å²) in [6, 6.07) is 15.4.